The number of methoxy groups -OCH3 is 1. The zero-order chi connectivity index (χ0) is 28.8. The van der Waals surface area contributed by atoms with Crippen molar-refractivity contribution in [3.8, 4) is 5.75 Å². The molecule has 1 aromatic heterocycles. The molecule has 0 saturated carbocycles. The fraction of sp³-hybridized carbons (Fsp3) is 0.462. The molecule has 9 nitrogen and oxygen atoms in total. The maximum Gasteiger partial charge on any atom is 0.406 e. The van der Waals surface area contributed by atoms with Crippen LogP contribution < -0.4 is 10.4 Å². The number of benzene rings is 2. The van der Waals surface area contributed by atoms with Crippen molar-refractivity contribution in [3.05, 3.63) is 58.3 Å². The minimum absolute atomic E-state index is 0.0279. The number of imidazole rings is 1. The number of ether oxygens (including phenoxy) is 1. The lowest BCUT2D eigenvalue weighted by molar-refractivity contribution is -0.140. The molecule has 1 saturated heterocycles. The van der Waals surface area contributed by atoms with Gasteiger partial charge in [-0.15, -0.1) is 0 Å². The van der Waals surface area contributed by atoms with Gasteiger partial charge in [0.1, 0.15) is 28.6 Å². The highest BCUT2D eigenvalue weighted by Gasteiger charge is 2.43. The number of sulfonamides is 1. The predicted octanol–water partition coefficient (Wildman–Crippen LogP) is 3.77. The van der Waals surface area contributed by atoms with Crippen LogP contribution in [0.15, 0.2) is 46.1 Å². The molecule has 0 atom stereocenters. The first-order valence-corrected chi connectivity index (χ1v) is 14.3. The van der Waals surface area contributed by atoms with Crippen LogP contribution in [0.3, 0.4) is 0 Å². The van der Waals surface area contributed by atoms with Crippen LogP contribution in [-0.4, -0.2) is 72.1 Å². The van der Waals surface area contributed by atoms with Crippen LogP contribution >= 0.6 is 0 Å². The van der Waals surface area contributed by atoms with E-state index in [-0.39, 0.29) is 39.8 Å². The van der Waals surface area contributed by atoms with E-state index in [0.717, 1.165) is 16.4 Å². The molecule has 0 bridgehead atoms. The third-order valence-electron chi connectivity index (χ3n) is 7.49. The van der Waals surface area contributed by atoms with Gasteiger partial charge in [-0.3, -0.25) is 13.9 Å². The van der Waals surface area contributed by atoms with Gasteiger partial charge in [-0.2, -0.15) is 13.2 Å². The topological polar surface area (TPSA) is 93.8 Å². The highest BCUT2D eigenvalue weighted by molar-refractivity contribution is 7.90. The number of carbonyl (C=O) groups is 1. The van der Waals surface area contributed by atoms with Crippen LogP contribution in [0.2, 0.25) is 0 Å². The van der Waals surface area contributed by atoms with Crippen LogP contribution in [0.1, 0.15) is 42.1 Å². The van der Waals surface area contributed by atoms with Gasteiger partial charge in [0.05, 0.1) is 18.1 Å². The molecular weight excluding hydrogens is 556 g/mol. The summed E-state index contributed by atoms with van der Waals surface area (Å²) in [7, 11) is -2.57. The third-order valence-corrected chi connectivity index (χ3v) is 9.31. The molecule has 5 rings (SSSR count). The Labute approximate surface area is 227 Å². The Morgan fingerprint density at radius 3 is 2.38 bits per heavy atom. The van der Waals surface area contributed by atoms with E-state index in [1.54, 1.807) is 6.07 Å². The molecule has 14 heteroatoms. The molecule has 2 aromatic carbocycles. The molecule has 0 aliphatic carbocycles. The summed E-state index contributed by atoms with van der Waals surface area (Å²) in [5, 5.41) is 0. The van der Waals surface area contributed by atoms with Gasteiger partial charge in [0, 0.05) is 25.7 Å². The largest absolute Gasteiger partial charge is 0.496 e. The van der Waals surface area contributed by atoms with Gasteiger partial charge in [-0.05, 0) is 62.6 Å². The summed E-state index contributed by atoms with van der Waals surface area (Å²) in [6, 6.07) is 7.53. The van der Waals surface area contributed by atoms with E-state index >= 15 is 0 Å². The molecule has 0 N–H and O–H groups in total. The van der Waals surface area contributed by atoms with Gasteiger partial charge >= 0.3 is 11.9 Å². The predicted molar refractivity (Wildman–Crippen MR) is 137 cm³/mol. The van der Waals surface area contributed by atoms with Crippen molar-refractivity contribution in [1.82, 2.24) is 18.3 Å². The first-order chi connectivity index (χ1) is 18.9. The average Bonchev–Trinajstić information content (AvgIpc) is 3.27. The zero-order valence-electron chi connectivity index (χ0n) is 21.7. The number of fused-ring (bicyclic) bond motifs is 2. The van der Waals surface area contributed by atoms with E-state index in [1.165, 1.54) is 29.9 Å². The van der Waals surface area contributed by atoms with Crippen LogP contribution in [0.4, 0.5) is 17.6 Å². The number of hydrogen-bond donors (Lipinski definition) is 0. The average molecular weight is 585 g/mol. The van der Waals surface area contributed by atoms with E-state index in [9.17, 15) is 35.6 Å². The lowest BCUT2D eigenvalue weighted by atomic mass is 10.0. The molecule has 0 radical (unpaired) electrons. The highest BCUT2D eigenvalue weighted by atomic mass is 32.2. The Bertz CT molecular complexity index is 1610. The van der Waals surface area contributed by atoms with Crippen LogP contribution in [-0.2, 0) is 16.6 Å². The van der Waals surface area contributed by atoms with Crippen LogP contribution in [0.5, 0.6) is 5.75 Å². The maximum absolute atomic E-state index is 13.8. The number of unbranched alkanes of at least 4 members (excludes halogenated alkanes) is 1. The second-order valence-corrected chi connectivity index (χ2v) is 11.8. The number of carbonyl (C=O) groups excluding carboxylic acids is 1. The first-order valence-electron chi connectivity index (χ1n) is 12.9. The Kier molecular flexibility index (Phi) is 7.42. The fourth-order valence-electron chi connectivity index (χ4n) is 5.61. The van der Waals surface area contributed by atoms with Gasteiger partial charge in [-0.1, -0.05) is 6.07 Å². The second kappa shape index (κ2) is 10.5. The maximum atomic E-state index is 13.8. The third kappa shape index (κ3) is 5.09. The molecule has 2 aliphatic rings. The molecule has 2 aliphatic heterocycles. The summed E-state index contributed by atoms with van der Waals surface area (Å²) in [5.74, 6) is -1.12. The number of alkyl halides is 3. The number of nitrogens with zero attached hydrogens (tertiary/aromatic N) is 4. The highest BCUT2D eigenvalue weighted by Crippen LogP contribution is 2.36. The number of hydrogen-bond acceptors (Lipinski definition) is 6. The van der Waals surface area contributed by atoms with Crippen molar-refractivity contribution in [2.75, 3.05) is 33.3 Å². The number of halogens is 4. The fourth-order valence-corrected chi connectivity index (χ4v) is 7.22. The standard InChI is InChI=1S/C26H28F4N4O5S/c1-39-21-5-4-6-22-23(21)24(35)33(40(22,37)38)12-3-2-11-31-13-9-18(10-14-31)34-19-8-7-17(27)15-20(19)32(25(34)36)16-26(28,29)30/h4-8,15,18H,2-3,9-14,16H2,1H3. The van der Waals surface area contributed by atoms with E-state index in [4.69, 9.17) is 4.74 Å². The van der Waals surface area contributed by atoms with Gasteiger partial charge in [0.15, 0.2) is 0 Å². The molecule has 1 amide bonds. The quantitative estimate of drug-likeness (QED) is 0.296. The van der Waals surface area contributed by atoms with Crippen molar-refractivity contribution in [2.24, 2.45) is 0 Å². The number of piperidine rings is 1. The Morgan fingerprint density at radius 2 is 1.70 bits per heavy atom. The van der Waals surface area contributed by atoms with Gasteiger partial charge in [-0.25, -0.2) is 21.9 Å². The van der Waals surface area contributed by atoms with Gasteiger partial charge < -0.3 is 9.64 Å². The van der Waals surface area contributed by atoms with Crippen LogP contribution in [0.25, 0.3) is 11.0 Å². The first kappa shape index (κ1) is 28.1. The normalized spacial score (nSPS) is 18.0. The van der Waals surface area contributed by atoms with Crippen molar-refractivity contribution >= 4 is 27.0 Å². The number of aromatic nitrogens is 2. The van der Waals surface area contributed by atoms with Crippen LogP contribution in [0, 0.1) is 5.82 Å². The summed E-state index contributed by atoms with van der Waals surface area (Å²) >= 11 is 0. The van der Waals surface area contributed by atoms with Crippen molar-refractivity contribution in [1.29, 1.82) is 0 Å². The van der Waals surface area contributed by atoms with E-state index in [2.05, 4.69) is 4.90 Å². The van der Waals surface area contributed by atoms with Crippen molar-refractivity contribution in [3.63, 3.8) is 0 Å². The number of rotatable bonds is 8. The molecule has 0 unspecified atom stereocenters. The molecule has 3 aromatic rings. The lowest BCUT2D eigenvalue weighted by Gasteiger charge is -2.32. The Balaban J connectivity index is 1.19. The molecule has 40 heavy (non-hydrogen) atoms. The van der Waals surface area contributed by atoms with E-state index < -0.39 is 40.2 Å². The summed E-state index contributed by atoms with van der Waals surface area (Å²) in [6.07, 6.45) is -2.56. The summed E-state index contributed by atoms with van der Waals surface area (Å²) in [4.78, 5) is 27.9. The molecular formula is C26H28F4N4O5S. The summed E-state index contributed by atoms with van der Waals surface area (Å²) in [5.41, 5.74) is -0.591. The van der Waals surface area contributed by atoms with Crippen molar-refractivity contribution < 1.29 is 35.5 Å². The summed E-state index contributed by atoms with van der Waals surface area (Å²) < 4.78 is 86.9. The van der Waals surface area contributed by atoms with Gasteiger partial charge in [0.2, 0.25) is 0 Å². The minimum Gasteiger partial charge on any atom is -0.496 e. The number of likely N-dealkylation sites (tertiary alicyclic amines) is 1. The smallest absolute Gasteiger partial charge is 0.406 e. The SMILES string of the molecule is COc1cccc2c1C(=O)N(CCCCN1CCC(n3c(=O)n(CC(F)(F)F)c4cc(F)ccc43)CC1)S2(=O)=O. The molecule has 3 heterocycles. The summed E-state index contributed by atoms with van der Waals surface area (Å²) in [6.45, 7) is 0.313. The molecule has 0 spiro atoms. The Morgan fingerprint density at radius 1 is 1.00 bits per heavy atom. The molecule has 1 fully saturated rings. The molecule has 216 valence electrons. The Hall–Kier alpha value is -3.39. The van der Waals surface area contributed by atoms with Crippen molar-refractivity contribution in [2.45, 2.75) is 49.3 Å². The second-order valence-electron chi connectivity index (χ2n) is 9.98. The van der Waals surface area contributed by atoms with E-state index in [1.807, 2.05) is 0 Å². The minimum atomic E-state index is -4.63. The lowest BCUT2D eigenvalue weighted by Crippen LogP contribution is -2.39. The monoisotopic (exact) mass is 584 g/mol. The number of amides is 1. The zero-order valence-corrected chi connectivity index (χ0v) is 22.5. The van der Waals surface area contributed by atoms with E-state index in [0.29, 0.717) is 49.9 Å². The van der Waals surface area contributed by atoms with Gasteiger partial charge in [0.25, 0.3) is 15.9 Å².